The fourth-order valence-electron chi connectivity index (χ4n) is 1.88. The average Bonchev–Trinajstić information content (AvgIpc) is 2.31. The summed E-state index contributed by atoms with van der Waals surface area (Å²) in [5, 5.41) is 0. The molecule has 1 aromatic carbocycles. The number of aryl methyl sites for hydroxylation is 1. The predicted molar refractivity (Wildman–Crippen MR) is 75.6 cm³/mol. The Morgan fingerprint density at radius 2 is 1.27 bits per heavy atom. The molecule has 0 bridgehead atoms. The monoisotopic (exact) mass is 373 g/mol. The Labute approximate surface area is 128 Å². The van der Waals surface area contributed by atoms with Crippen molar-refractivity contribution in [3.63, 3.8) is 0 Å². The van der Waals surface area contributed by atoms with E-state index in [1.807, 2.05) is 0 Å². The quantitative estimate of drug-likeness (QED) is 0.563. The van der Waals surface area contributed by atoms with Gasteiger partial charge in [0.2, 0.25) is 0 Å². The first kappa shape index (κ1) is 19.0. The summed E-state index contributed by atoms with van der Waals surface area (Å²) in [6.07, 6.45) is -1.58. The van der Waals surface area contributed by atoms with Gasteiger partial charge >= 0.3 is 33.8 Å². The Bertz CT molecular complexity index is 744. The lowest BCUT2D eigenvalue weighted by Crippen LogP contribution is -2.52. The normalized spacial score (nSPS) is 14.0. The van der Waals surface area contributed by atoms with E-state index in [1.54, 1.807) is 12.1 Å². The largest absolute Gasteiger partial charge is 0.345 e. The molecule has 0 unspecified atom stereocenters. The lowest BCUT2D eigenvalue weighted by Gasteiger charge is -2.23. The summed E-state index contributed by atoms with van der Waals surface area (Å²) >= 11 is 0. The van der Waals surface area contributed by atoms with Crippen LogP contribution in [0.15, 0.2) is 24.3 Å². The minimum Gasteiger partial charge on any atom is -0.283 e. The molecule has 0 saturated heterocycles. The predicted octanol–water partition coefficient (Wildman–Crippen LogP) is 0.127. The first-order valence-corrected chi connectivity index (χ1v) is 10.0. The van der Waals surface area contributed by atoms with E-state index in [1.165, 1.54) is 12.1 Å². The van der Waals surface area contributed by atoms with Crippen molar-refractivity contribution in [2.45, 2.75) is 22.7 Å². The van der Waals surface area contributed by atoms with Crippen molar-refractivity contribution in [2.75, 3.05) is 0 Å². The van der Waals surface area contributed by atoms with Gasteiger partial charge in [-0.05, 0) is 24.5 Å². The van der Waals surface area contributed by atoms with Gasteiger partial charge in [-0.3, -0.25) is 13.7 Å². The highest BCUT2D eigenvalue weighted by Crippen LogP contribution is 2.34. The minimum absolute atomic E-state index is 0.0387. The van der Waals surface area contributed by atoms with Gasteiger partial charge in [0.05, 0.1) is 0 Å². The van der Waals surface area contributed by atoms with E-state index in [-0.39, 0.29) is 12.8 Å². The van der Waals surface area contributed by atoms with Crippen LogP contribution in [-0.2, 0) is 36.8 Å². The topological polar surface area (TPSA) is 163 Å². The van der Waals surface area contributed by atoms with E-state index in [0.29, 0.717) is 5.56 Å². The van der Waals surface area contributed by atoms with Crippen LogP contribution in [0.2, 0.25) is 0 Å². The molecule has 0 heterocycles. The Morgan fingerprint density at radius 1 is 0.864 bits per heavy atom. The van der Waals surface area contributed by atoms with Gasteiger partial charge < -0.3 is 0 Å². The summed E-state index contributed by atoms with van der Waals surface area (Å²) in [6, 6.07) is 8.89. The van der Waals surface area contributed by atoms with Gasteiger partial charge in [0.25, 0.3) is 0 Å². The van der Waals surface area contributed by atoms with Crippen LogP contribution in [0, 0.1) is 6.07 Å². The zero-order valence-electron chi connectivity index (χ0n) is 10.9. The second-order valence-corrected chi connectivity index (χ2v) is 10.1. The molecule has 0 atom stereocenters. The fraction of sp³-hybridized carbons (Fsp3) is 0.400. The Balaban J connectivity index is 3.24. The Hall–Kier alpha value is -1.05. The first-order chi connectivity index (χ1) is 9.83. The Kier molecular flexibility index (Phi) is 5.37. The summed E-state index contributed by atoms with van der Waals surface area (Å²) < 4.78 is 90.4. The lowest BCUT2D eigenvalue weighted by molar-refractivity contribution is 0.414. The lowest BCUT2D eigenvalue weighted by atomic mass is 10.1. The molecule has 0 aliphatic heterocycles. The second kappa shape index (κ2) is 6.22. The zero-order valence-corrected chi connectivity index (χ0v) is 13.4. The van der Waals surface area contributed by atoms with Crippen LogP contribution >= 0.6 is 0 Å². The molecule has 0 aliphatic rings. The zero-order chi connectivity index (χ0) is 17.2. The average molecular weight is 373 g/mol. The summed E-state index contributed by atoms with van der Waals surface area (Å²) in [5.41, 5.74) is 0.605. The van der Waals surface area contributed by atoms with E-state index in [4.69, 9.17) is 13.7 Å². The van der Waals surface area contributed by atoms with E-state index < -0.39 is 40.2 Å². The molecule has 0 saturated carbocycles. The molecule has 1 aromatic rings. The molecular formula is C10H13O9S3. The molecule has 0 spiro atoms. The third kappa shape index (κ3) is 3.64. The molecule has 12 heteroatoms. The fourth-order valence-corrected chi connectivity index (χ4v) is 6.28. The van der Waals surface area contributed by atoms with Crippen LogP contribution in [0.5, 0.6) is 0 Å². The van der Waals surface area contributed by atoms with Crippen molar-refractivity contribution in [1.82, 2.24) is 0 Å². The standard InChI is InChI=1S/C10H13O9S3/c11-20(12,13)10(21(14,15)16,22(17,18)19)8-4-7-9-5-2-1-3-6-9/h2-3,5-6H,4,7-8H2,(H,11,12,13)(H,14,15,16)(H,17,18,19). The highest BCUT2D eigenvalue weighted by Gasteiger charge is 2.64. The molecule has 0 amide bonds. The van der Waals surface area contributed by atoms with Crippen molar-refractivity contribution in [2.24, 2.45) is 0 Å². The molecule has 3 N–H and O–H groups in total. The van der Waals surface area contributed by atoms with E-state index in [0.717, 1.165) is 0 Å². The van der Waals surface area contributed by atoms with Crippen molar-refractivity contribution in [1.29, 1.82) is 0 Å². The third-order valence-corrected chi connectivity index (χ3v) is 9.68. The smallest absolute Gasteiger partial charge is 0.283 e. The van der Waals surface area contributed by atoms with Crippen molar-refractivity contribution < 1.29 is 38.9 Å². The molecular weight excluding hydrogens is 360 g/mol. The van der Waals surface area contributed by atoms with Gasteiger partial charge in [-0.15, -0.1) is 0 Å². The highest BCUT2D eigenvalue weighted by molar-refractivity contribution is 8.21. The van der Waals surface area contributed by atoms with Gasteiger partial charge in [-0.1, -0.05) is 24.3 Å². The summed E-state index contributed by atoms with van der Waals surface area (Å²) in [4.78, 5) is 0. The van der Waals surface area contributed by atoms with E-state index >= 15 is 0 Å². The van der Waals surface area contributed by atoms with Crippen LogP contribution in [0.4, 0.5) is 0 Å². The van der Waals surface area contributed by atoms with Crippen LogP contribution in [0.25, 0.3) is 0 Å². The molecule has 0 aliphatic carbocycles. The molecule has 1 rings (SSSR count). The number of rotatable bonds is 7. The highest BCUT2D eigenvalue weighted by atomic mass is 32.3. The molecule has 1 radical (unpaired) electrons. The minimum atomic E-state index is -5.88. The Morgan fingerprint density at radius 3 is 1.64 bits per heavy atom. The molecule has 22 heavy (non-hydrogen) atoms. The van der Waals surface area contributed by atoms with Gasteiger partial charge in [0.1, 0.15) is 0 Å². The summed E-state index contributed by atoms with van der Waals surface area (Å²) in [5.74, 6) is 0. The van der Waals surface area contributed by atoms with Crippen molar-refractivity contribution in [3.05, 3.63) is 35.9 Å². The van der Waals surface area contributed by atoms with Crippen LogP contribution in [0.1, 0.15) is 18.4 Å². The van der Waals surface area contributed by atoms with Crippen molar-refractivity contribution in [3.8, 4) is 0 Å². The molecule has 125 valence electrons. The van der Waals surface area contributed by atoms with Crippen LogP contribution in [-0.4, -0.2) is 42.3 Å². The summed E-state index contributed by atoms with van der Waals surface area (Å²) in [7, 11) is -17.6. The van der Waals surface area contributed by atoms with Crippen molar-refractivity contribution >= 4 is 30.4 Å². The molecule has 0 fully saturated rings. The number of hydrogen-bond donors (Lipinski definition) is 3. The first-order valence-electron chi connectivity index (χ1n) is 5.69. The van der Waals surface area contributed by atoms with Gasteiger partial charge in [-0.2, -0.15) is 25.3 Å². The number of benzene rings is 1. The second-order valence-electron chi connectivity index (χ2n) is 4.37. The third-order valence-electron chi connectivity index (χ3n) is 2.91. The molecule has 0 aromatic heterocycles. The van der Waals surface area contributed by atoms with E-state index in [9.17, 15) is 25.3 Å². The van der Waals surface area contributed by atoms with Crippen LogP contribution < -0.4 is 0 Å². The van der Waals surface area contributed by atoms with Crippen LogP contribution in [0.3, 0.4) is 0 Å². The summed E-state index contributed by atoms with van der Waals surface area (Å²) in [6.45, 7) is 0. The van der Waals surface area contributed by atoms with Gasteiger partial charge in [0, 0.05) is 6.42 Å². The maximum absolute atomic E-state index is 11.3. The number of hydrogen-bond acceptors (Lipinski definition) is 6. The SMILES string of the molecule is O=S(=O)(O)C(CCCc1cc[c]cc1)(S(=O)(=O)O)S(=O)(=O)O. The maximum Gasteiger partial charge on any atom is 0.345 e. The van der Waals surface area contributed by atoms with Gasteiger partial charge in [-0.25, -0.2) is 0 Å². The maximum atomic E-state index is 11.3. The molecule has 9 nitrogen and oxygen atoms in total. The van der Waals surface area contributed by atoms with E-state index in [2.05, 4.69) is 6.07 Å². The van der Waals surface area contributed by atoms with Gasteiger partial charge in [0.15, 0.2) is 0 Å².